The fourth-order valence-electron chi connectivity index (χ4n) is 3.10. The smallest absolute Gasteiger partial charge is 0.404 e. The van der Waals surface area contributed by atoms with Gasteiger partial charge >= 0.3 is 6.18 Å². The van der Waals surface area contributed by atoms with Crippen molar-refractivity contribution in [1.82, 2.24) is 4.90 Å². The Morgan fingerprint density at radius 1 is 1.33 bits per heavy atom. The van der Waals surface area contributed by atoms with Crippen LogP contribution in [0, 0.1) is 5.41 Å². The van der Waals surface area contributed by atoms with Crippen LogP contribution < -0.4 is 4.74 Å². The van der Waals surface area contributed by atoms with Gasteiger partial charge in [0.2, 0.25) is 5.91 Å². The molecule has 1 aromatic rings. The molecule has 0 radical (unpaired) electrons. The minimum absolute atomic E-state index is 0.0734. The Kier molecular flexibility index (Phi) is 5.45. The van der Waals surface area contributed by atoms with Crippen molar-refractivity contribution in [3.63, 3.8) is 0 Å². The molecule has 1 aliphatic rings. The van der Waals surface area contributed by atoms with Crippen LogP contribution >= 0.6 is 0 Å². The van der Waals surface area contributed by atoms with Crippen molar-refractivity contribution in [1.29, 1.82) is 0 Å². The topological polar surface area (TPSA) is 29.5 Å². The number of benzene rings is 1. The quantitative estimate of drug-likeness (QED) is 0.812. The van der Waals surface area contributed by atoms with Crippen LogP contribution in [0.2, 0.25) is 0 Å². The largest absolute Gasteiger partial charge is 0.497 e. The Labute approximate surface area is 140 Å². The monoisotopic (exact) mass is 343 g/mol. The van der Waals surface area contributed by atoms with Crippen molar-refractivity contribution in [2.24, 2.45) is 5.41 Å². The van der Waals surface area contributed by atoms with Gasteiger partial charge in [0, 0.05) is 13.1 Å². The molecule has 1 saturated heterocycles. The van der Waals surface area contributed by atoms with Crippen LogP contribution in [-0.2, 0) is 4.79 Å². The Morgan fingerprint density at radius 2 is 1.96 bits per heavy atom. The van der Waals surface area contributed by atoms with Gasteiger partial charge < -0.3 is 9.64 Å². The zero-order valence-electron chi connectivity index (χ0n) is 14.3. The molecule has 0 N–H and O–H groups in total. The van der Waals surface area contributed by atoms with Gasteiger partial charge in [-0.3, -0.25) is 4.79 Å². The summed E-state index contributed by atoms with van der Waals surface area (Å²) < 4.78 is 45.7. The van der Waals surface area contributed by atoms with E-state index in [4.69, 9.17) is 4.74 Å². The van der Waals surface area contributed by atoms with Crippen LogP contribution in [0.1, 0.15) is 44.6 Å². The molecule has 1 unspecified atom stereocenters. The van der Waals surface area contributed by atoms with Crippen molar-refractivity contribution in [2.75, 3.05) is 20.2 Å². The average molecular weight is 343 g/mol. The van der Waals surface area contributed by atoms with Gasteiger partial charge in [-0.15, -0.1) is 0 Å². The average Bonchev–Trinajstić information content (AvgIpc) is 2.54. The Hall–Kier alpha value is -1.72. The van der Waals surface area contributed by atoms with Gasteiger partial charge in [-0.2, -0.15) is 13.2 Å². The predicted octanol–water partition coefficient (Wildman–Crippen LogP) is 4.38. The van der Waals surface area contributed by atoms with Crippen molar-refractivity contribution < 1.29 is 22.7 Å². The van der Waals surface area contributed by atoms with E-state index in [1.165, 1.54) is 30.2 Å². The maximum atomic E-state index is 13.6. The number of halogens is 3. The van der Waals surface area contributed by atoms with Gasteiger partial charge in [-0.05, 0) is 36.0 Å². The number of likely N-dealkylation sites (tertiary alicyclic amines) is 1. The SMILES string of the molecule is CCC1(C)CCN(C(=O)C(c2cccc(OC)c2)C(F)(F)F)CC1. The van der Waals surface area contributed by atoms with E-state index in [2.05, 4.69) is 13.8 Å². The van der Waals surface area contributed by atoms with Gasteiger partial charge in [-0.25, -0.2) is 0 Å². The summed E-state index contributed by atoms with van der Waals surface area (Å²) in [7, 11) is 1.39. The molecule has 1 amide bonds. The molecule has 0 saturated carbocycles. The third kappa shape index (κ3) is 4.02. The lowest BCUT2D eigenvalue weighted by Gasteiger charge is -2.40. The third-order valence-corrected chi connectivity index (χ3v) is 5.14. The number of amides is 1. The van der Waals surface area contributed by atoms with Gasteiger partial charge in [0.1, 0.15) is 5.75 Å². The first-order valence-corrected chi connectivity index (χ1v) is 8.19. The lowest BCUT2D eigenvalue weighted by molar-refractivity contribution is -0.173. The minimum atomic E-state index is -4.63. The second-order valence-electron chi connectivity index (χ2n) is 6.74. The van der Waals surface area contributed by atoms with Crippen LogP contribution in [0.5, 0.6) is 5.75 Å². The summed E-state index contributed by atoms with van der Waals surface area (Å²) in [5.74, 6) is -2.70. The highest BCUT2D eigenvalue weighted by Gasteiger charge is 2.48. The van der Waals surface area contributed by atoms with Crippen LogP contribution in [-0.4, -0.2) is 37.2 Å². The number of piperidine rings is 1. The molecule has 134 valence electrons. The summed E-state index contributed by atoms with van der Waals surface area (Å²) in [4.78, 5) is 14.0. The first-order valence-electron chi connectivity index (χ1n) is 8.19. The van der Waals surface area contributed by atoms with E-state index < -0.39 is 18.0 Å². The summed E-state index contributed by atoms with van der Waals surface area (Å²) in [6, 6.07) is 5.66. The summed E-state index contributed by atoms with van der Waals surface area (Å²) in [5.41, 5.74) is 0.0381. The van der Waals surface area contributed by atoms with E-state index in [1.807, 2.05) is 0 Å². The normalized spacial score (nSPS) is 19.0. The van der Waals surface area contributed by atoms with Gasteiger partial charge in [0.25, 0.3) is 0 Å². The molecule has 24 heavy (non-hydrogen) atoms. The lowest BCUT2D eigenvalue weighted by Crippen LogP contribution is -2.46. The fraction of sp³-hybridized carbons (Fsp3) is 0.611. The lowest BCUT2D eigenvalue weighted by atomic mass is 9.78. The highest BCUT2D eigenvalue weighted by Crippen LogP contribution is 2.40. The number of hydrogen-bond acceptors (Lipinski definition) is 2. The number of hydrogen-bond donors (Lipinski definition) is 0. The molecule has 1 heterocycles. The van der Waals surface area contributed by atoms with Gasteiger partial charge in [0.05, 0.1) is 7.11 Å². The number of nitrogens with zero attached hydrogens (tertiary/aromatic N) is 1. The maximum absolute atomic E-state index is 13.6. The van der Waals surface area contributed by atoms with Crippen LogP contribution in [0.3, 0.4) is 0 Å². The molecule has 2 rings (SSSR count). The number of methoxy groups -OCH3 is 1. The van der Waals surface area contributed by atoms with Gasteiger partial charge in [0.15, 0.2) is 5.92 Å². The van der Waals surface area contributed by atoms with Crippen LogP contribution in [0.4, 0.5) is 13.2 Å². The minimum Gasteiger partial charge on any atom is -0.497 e. The molecule has 0 spiro atoms. The summed E-state index contributed by atoms with van der Waals surface area (Å²) >= 11 is 0. The fourth-order valence-corrected chi connectivity index (χ4v) is 3.10. The molecule has 1 fully saturated rings. The third-order valence-electron chi connectivity index (χ3n) is 5.14. The number of carbonyl (C=O) groups excluding carboxylic acids is 1. The van der Waals surface area contributed by atoms with E-state index in [0.717, 1.165) is 19.3 Å². The molecule has 0 bridgehead atoms. The second kappa shape index (κ2) is 7.03. The maximum Gasteiger partial charge on any atom is 0.404 e. The van der Waals surface area contributed by atoms with Crippen molar-refractivity contribution in [3.8, 4) is 5.75 Å². The van der Waals surface area contributed by atoms with E-state index in [1.54, 1.807) is 6.07 Å². The van der Waals surface area contributed by atoms with Crippen molar-refractivity contribution >= 4 is 5.91 Å². The van der Waals surface area contributed by atoms with E-state index in [0.29, 0.717) is 18.8 Å². The first kappa shape index (κ1) is 18.6. The zero-order chi connectivity index (χ0) is 18.0. The molecule has 6 heteroatoms. The van der Waals surface area contributed by atoms with Crippen molar-refractivity contribution in [2.45, 2.75) is 45.2 Å². The number of alkyl halides is 3. The Bertz CT molecular complexity index is 578. The zero-order valence-corrected chi connectivity index (χ0v) is 14.3. The van der Waals surface area contributed by atoms with Crippen molar-refractivity contribution in [3.05, 3.63) is 29.8 Å². The van der Waals surface area contributed by atoms with Crippen LogP contribution in [0.25, 0.3) is 0 Å². The molecular formula is C18H24F3NO2. The molecule has 1 aromatic carbocycles. The summed E-state index contributed by atoms with van der Waals surface area (Å²) in [5, 5.41) is 0. The molecule has 3 nitrogen and oxygen atoms in total. The summed E-state index contributed by atoms with van der Waals surface area (Å²) in [6.07, 6.45) is -2.20. The number of rotatable bonds is 4. The molecule has 0 aromatic heterocycles. The van der Waals surface area contributed by atoms with E-state index in [-0.39, 0.29) is 11.0 Å². The predicted molar refractivity (Wildman–Crippen MR) is 86.0 cm³/mol. The Balaban J connectivity index is 2.24. The van der Waals surface area contributed by atoms with Gasteiger partial charge in [-0.1, -0.05) is 32.4 Å². The first-order chi connectivity index (χ1) is 11.2. The van der Waals surface area contributed by atoms with Crippen LogP contribution in [0.15, 0.2) is 24.3 Å². The summed E-state index contributed by atoms with van der Waals surface area (Å²) in [6.45, 7) is 4.95. The number of carbonyl (C=O) groups is 1. The number of ether oxygens (including phenoxy) is 1. The van der Waals surface area contributed by atoms with E-state index in [9.17, 15) is 18.0 Å². The standard InChI is InChI=1S/C18H24F3NO2/c1-4-17(2)8-10-22(11-9-17)16(23)15(18(19,20)21)13-6-5-7-14(12-13)24-3/h5-7,12,15H,4,8-11H2,1-3H3. The van der Waals surface area contributed by atoms with E-state index >= 15 is 0 Å². The molecule has 0 aliphatic carbocycles. The highest BCUT2D eigenvalue weighted by atomic mass is 19.4. The molecular weight excluding hydrogens is 319 g/mol. The second-order valence-corrected chi connectivity index (χ2v) is 6.74. The highest BCUT2D eigenvalue weighted by molar-refractivity contribution is 5.85. The molecule has 1 atom stereocenters. The Morgan fingerprint density at radius 3 is 2.46 bits per heavy atom. The molecule has 1 aliphatic heterocycles.